The van der Waals surface area contributed by atoms with Gasteiger partial charge in [0.05, 0.1) is 30.7 Å². The zero-order valence-corrected chi connectivity index (χ0v) is 21.5. The molecule has 0 unspecified atom stereocenters. The van der Waals surface area contributed by atoms with Crippen LogP contribution >= 0.6 is 11.3 Å². The van der Waals surface area contributed by atoms with Crippen molar-refractivity contribution in [2.75, 3.05) is 20.3 Å². The molecule has 1 aromatic carbocycles. The predicted octanol–water partition coefficient (Wildman–Crippen LogP) is 5.46. The van der Waals surface area contributed by atoms with Gasteiger partial charge in [-0.05, 0) is 56.4 Å². The van der Waals surface area contributed by atoms with Gasteiger partial charge in [0.2, 0.25) is 5.01 Å². The first-order valence-electron chi connectivity index (χ1n) is 12.2. The average molecular weight is 496 g/mol. The smallest absolute Gasteiger partial charge is 0.367 e. The van der Waals surface area contributed by atoms with Gasteiger partial charge in [0.15, 0.2) is 0 Å². The maximum atomic E-state index is 13.2. The van der Waals surface area contributed by atoms with Gasteiger partial charge in [0, 0.05) is 24.2 Å². The summed E-state index contributed by atoms with van der Waals surface area (Å²) >= 11 is 1.25. The van der Waals surface area contributed by atoms with Crippen molar-refractivity contribution in [2.45, 2.75) is 52.5 Å². The number of carbonyl (C=O) groups excluding carboxylic acids is 2. The van der Waals surface area contributed by atoms with E-state index in [-0.39, 0.29) is 5.91 Å². The Labute approximate surface area is 210 Å². The van der Waals surface area contributed by atoms with Crippen LogP contribution in [0.25, 0.3) is 11.4 Å². The molecule has 186 valence electrons. The number of amides is 1. The summed E-state index contributed by atoms with van der Waals surface area (Å²) in [4.78, 5) is 29.9. The minimum absolute atomic E-state index is 0.0661. The number of ether oxygens (including phenoxy) is 2. The first-order chi connectivity index (χ1) is 17.0. The van der Waals surface area contributed by atoms with Crippen molar-refractivity contribution < 1.29 is 19.1 Å². The monoisotopic (exact) mass is 495 g/mol. The minimum Gasteiger partial charge on any atom is -0.497 e. The van der Waals surface area contributed by atoms with Gasteiger partial charge >= 0.3 is 5.97 Å². The summed E-state index contributed by atoms with van der Waals surface area (Å²) in [6.07, 6.45) is 6.14. The second-order valence-electron chi connectivity index (χ2n) is 8.94. The van der Waals surface area contributed by atoms with E-state index in [1.807, 2.05) is 42.6 Å². The number of aromatic nitrogens is 2. The highest BCUT2D eigenvalue weighted by atomic mass is 32.1. The molecule has 1 aliphatic carbocycles. The third-order valence-corrected chi connectivity index (χ3v) is 7.43. The van der Waals surface area contributed by atoms with Crippen molar-refractivity contribution >= 4 is 23.2 Å². The third kappa shape index (κ3) is 5.93. The van der Waals surface area contributed by atoms with E-state index in [1.165, 1.54) is 43.4 Å². The summed E-state index contributed by atoms with van der Waals surface area (Å²) in [5.74, 6) is 0.849. The molecule has 0 radical (unpaired) electrons. The molecule has 1 aliphatic rings. The largest absolute Gasteiger partial charge is 0.497 e. The van der Waals surface area contributed by atoms with E-state index in [0.717, 1.165) is 22.7 Å². The van der Waals surface area contributed by atoms with Gasteiger partial charge in [-0.1, -0.05) is 31.4 Å². The molecule has 0 aliphatic heterocycles. The molecule has 1 saturated carbocycles. The zero-order chi connectivity index (χ0) is 24.8. The lowest BCUT2D eigenvalue weighted by molar-refractivity contribution is 0.0526. The zero-order valence-electron chi connectivity index (χ0n) is 20.6. The second kappa shape index (κ2) is 11.5. The lowest BCUT2D eigenvalue weighted by Crippen LogP contribution is -2.30. The van der Waals surface area contributed by atoms with Crippen LogP contribution in [0.1, 0.15) is 70.4 Å². The summed E-state index contributed by atoms with van der Waals surface area (Å²) in [6, 6.07) is 9.76. The molecular formula is C27H33N3O4S. The van der Waals surface area contributed by atoms with Gasteiger partial charge in [-0.25, -0.2) is 9.78 Å². The summed E-state index contributed by atoms with van der Waals surface area (Å²) in [5, 5.41) is 5.31. The van der Waals surface area contributed by atoms with E-state index in [1.54, 1.807) is 14.0 Å². The number of hydrogen-bond acceptors (Lipinski definition) is 6. The van der Waals surface area contributed by atoms with Crippen LogP contribution in [0.5, 0.6) is 5.75 Å². The number of hydrogen-bond donors (Lipinski definition) is 1. The van der Waals surface area contributed by atoms with E-state index < -0.39 is 5.97 Å². The molecule has 2 aromatic heterocycles. The van der Waals surface area contributed by atoms with Gasteiger partial charge in [0.25, 0.3) is 5.91 Å². The molecule has 0 atom stereocenters. The summed E-state index contributed by atoms with van der Waals surface area (Å²) in [7, 11) is 1.64. The fourth-order valence-electron chi connectivity index (χ4n) is 4.61. The van der Waals surface area contributed by atoms with Crippen molar-refractivity contribution in [3.63, 3.8) is 0 Å². The molecule has 0 bridgehead atoms. The number of methoxy groups -OCH3 is 1. The number of nitrogens with zero attached hydrogens (tertiary/aromatic N) is 2. The van der Waals surface area contributed by atoms with Crippen molar-refractivity contribution in [3.8, 4) is 17.1 Å². The highest BCUT2D eigenvalue weighted by molar-refractivity contribution is 7.11. The molecule has 0 saturated heterocycles. The number of thiazole rings is 1. The molecule has 7 nitrogen and oxygen atoms in total. The molecular weight excluding hydrogens is 462 g/mol. The molecule has 8 heteroatoms. The van der Waals surface area contributed by atoms with E-state index in [2.05, 4.69) is 14.9 Å². The van der Waals surface area contributed by atoms with Crippen LogP contribution in [0.15, 0.2) is 35.7 Å². The average Bonchev–Trinajstić information content (AvgIpc) is 3.49. The highest BCUT2D eigenvalue weighted by Gasteiger charge is 2.23. The molecule has 2 heterocycles. The number of esters is 1. The number of nitrogens with one attached hydrogen (secondary N) is 1. The fraction of sp³-hybridized carbons (Fsp3) is 0.444. The summed E-state index contributed by atoms with van der Waals surface area (Å²) in [6.45, 7) is 5.30. The van der Waals surface area contributed by atoms with Crippen LogP contribution in [-0.4, -0.2) is 41.7 Å². The van der Waals surface area contributed by atoms with Gasteiger partial charge in [-0.3, -0.25) is 4.79 Å². The molecule has 3 aromatic rings. The van der Waals surface area contributed by atoms with Crippen LogP contribution in [0.3, 0.4) is 0 Å². The molecule has 1 N–H and O–H groups in total. The number of rotatable bonds is 9. The third-order valence-electron chi connectivity index (χ3n) is 6.60. The van der Waals surface area contributed by atoms with Gasteiger partial charge < -0.3 is 19.4 Å². The molecule has 35 heavy (non-hydrogen) atoms. The summed E-state index contributed by atoms with van der Waals surface area (Å²) < 4.78 is 12.5. The van der Waals surface area contributed by atoms with Crippen LogP contribution in [0.4, 0.5) is 0 Å². The Morgan fingerprint density at radius 1 is 1.17 bits per heavy atom. The van der Waals surface area contributed by atoms with E-state index >= 15 is 0 Å². The number of benzene rings is 1. The van der Waals surface area contributed by atoms with Crippen molar-refractivity contribution in [2.24, 2.45) is 5.92 Å². The molecule has 1 amide bonds. The van der Waals surface area contributed by atoms with Gasteiger partial charge in [0.1, 0.15) is 5.75 Å². The highest BCUT2D eigenvalue weighted by Crippen LogP contribution is 2.29. The minimum atomic E-state index is -0.431. The number of carbonyl (C=O) groups is 2. The molecule has 1 fully saturated rings. The Morgan fingerprint density at radius 2 is 1.91 bits per heavy atom. The Morgan fingerprint density at radius 3 is 2.60 bits per heavy atom. The summed E-state index contributed by atoms with van der Waals surface area (Å²) in [5.41, 5.74) is 4.02. The van der Waals surface area contributed by atoms with Crippen LogP contribution in [-0.2, 0) is 11.3 Å². The SMILES string of the molecule is CCOC(=O)c1nc(-c2cc(C(=O)NCC3CCCCC3)c(C)n2Cc2ccc(OC)cc2)cs1. The van der Waals surface area contributed by atoms with E-state index in [4.69, 9.17) is 9.47 Å². The van der Waals surface area contributed by atoms with Crippen LogP contribution in [0.2, 0.25) is 0 Å². The van der Waals surface area contributed by atoms with Crippen molar-refractivity contribution in [1.82, 2.24) is 14.9 Å². The standard InChI is InChI=1S/C27H33N3O4S/c1-4-34-27(32)26-29-23(17-35-26)24-14-22(25(31)28-15-19-8-6-5-7-9-19)18(2)30(24)16-20-10-12-21(33-3)13-11-20/h10-14,17,19H,4-9,15-16H2,1-3H3,(H,28,31). The maximum absolute atomic E-state index is 13.2. The van der Waals surface area contributed by atoms with Crippen molar-refractivity contribution in [3.05, 3.63) is 57.5 Å². The van der Waals surface area contributed by atoms with Crippen LogP contribution in [0, 0.1) is 12.8 Å². The second-order valence-corrected chi connectivity index (χ2v) is 9.79. The van der Waals surface area contributed by atoms with Crippen molar-refractivity contribution in [1.29, 1.82) is 0 Å². The van der Waals surface area contributed by atoms with E-state index in [9.17, 15) is 9.59 Å². The normalized spacial score (nSPS) is 14.0. The van der Waals surface area contributed by atoms with Gasteiger partial charge in [-0.2, -0.15) is 0 Å². The predicted molar refractivity (Wildman–Crippen MR) is 137 cm³/mol. The fourth-order valence-corrected chi connectivity index (χ4v) is 5.31. The lowest BCUT2D eigenvalue weighted by atomic mass is 9.89. The first-order valence-corrected chi connectivity index (χ1v) is 13.1. The van der Waals surface area contributed by atoms with Gasteiger partial charge in [-0.15, -0.1) is 11.3 Å². The Bertz CT molecular complexity index is 1160. The quantitative estimate of drug-likeness (QED) is 0.399. The molecule has 0 spiro atoms. The van der Waals surface area contributed by atoms with E-state index in [0.29, 0.717) is 41.9 Å². The first kappa shape index (κ1) is 25.0. The Hall–Kier alpha value is -3.13. The van der Waals surface area contributed by atoms with Crippen LogP contribution < -0.4 is 10.1 Å². The topological polar surface area (TPSA) is 82.5 Å². The lowest BCUT2D eigenvalue weighted by Gasteiger charge is -2.21. The maximum Gasteiger partial charge on any atom is 0.367 e. The Kier molecular flexibility index (Phi) is 8.23. The molecule has 4 rings (SSSR count). The Balaban J connectivity index is 1.63.